The Morgan fingerprint density at radius 1 is 1.15 bits per heavy atom. The molecule has 0 saturated heterocycles. The van der Waals surface area contributed by atoms with Crippen LogP contribution in [0.25, 0.3) is 0 Å². The van der Waals surface area contributed by atoms with E-state index in [1.165, 1.54) is 17.5 Å². The number of carbonyl (C=O) groups excluding carboxylic acids is 1. The molecule has 0 aliphatic heterocycles. The third-order valence-corrected chi connectivity index (χ3v) is 5.18. The zero-order valence-electron chi connectivity index (χ0n) is 14.9. The van der Waals surface area contributed by atoms with Crippen molar-refractivity contribution in [1.29, 1.82) is 0 Å². The van der Waals surface area contributed by atoms with Gasteiger partial charge in [-0.3, -0.25) is 4.79 Å². The van der Waals surface area contributed by atoms with Gasteiger partial charge in [-0.15, -0.1) is 0 Å². The molecule has 1 aliphatic carbocycles. The summed E-state index contributed by atoms with van der Waals surface area (Å²) in [5.41, 5.74) is 4.56. The molecule has 1 aromatic heterocycles. The first-order valence-corrected chi connectivity index (χ1v) is 8.92. The third-order valence-electron chi connectivity index (χ3n) is 5.18. The molecule has 1 fully saturated rings. The molecule has 5 nitrogen and oxygen atoms in total. The molecule has 0 spiro atoms. The van der Waals surface area contributed by atoms with Gasteiger partial charge in [0.1, 0.15) is 12.7 Å². The molecule has 26 heavy (non-hydrogen) atoms. The molecule has 132 valence electrons. The summed E-state index contributed by atoms with van der Waals surface area (Å²) in [7, 11) is 0. The van der Waals surface area contributed by atoms with Crippen molar-refractivity contribution in [2.24, 2.45) is 0 Å². The van der Waals surface area contributed by atoms with Crippen LogP contribution < -0.4 is 5.32 Å². The van der Waals surface area contributed by atoms with Crippen molar-refractivity contribution in [3.63, 3.8) is 0 Å². The maximum Gasteiger partial charge on any atom is 0.251 e. The third kappa shape index (κ3) is 3.38. The zero-order chi connectivity index (χ0) is 18.0. The molecule has 4 rings (SSSR count). The van der Waals surface area contributed by atoms with Crippen molar-refractivity contribution >= 4 is 5.91 Å². The van der Waals surface area contributed by atoms with Gasteiger partial charge < -0.3 is 5.32 Å². The van der Waals surface area contributed by atoms with Gasteiger partial charge in [-0.05, 0) is 48.6 Å². The Hall–Kier alpha value is -2.95. The minimum absolute atomic E-state index is 0.0165. The van der Waals surface area contributed by atoms with E-state index in [9.17, 15) is 4.79 Å². The van der Waals surface area contributed by atoms with Gasteiger partial charge in [0.05, 0.1) is 6.54 Å². The Kier molecular flexibility index (Phi) is 4.29. The normalized spacial score (nSPS) is 14.8. The molecular formula is C21H22N4O. The predicted molar refractivity (Wildman–Crippen MR) is 100.0 cm³/mol. The van der Waals surface area contributed by atoms with Gasteiger partial charge in [-0.1, -0.05) is 36.4 Å². The van der Waals surface area contributed by atoms with Crippen molar-refractivity contribution in [3.05, 3.63) is 83.4 Å². The van der Waals surface area contributed by atoms with E-state index in [-0.39, 0.29) is 11.3 Å². The Morgan fingerprint density at radius 2 is 1.92 bits per heavy atom. The summed E-state index contributed by atoms with van der Waals surface area (Å²) in [6.07, 6.45) is 5.47. The summed E-state index contributed by atoms with van der Waals surface area (Å²) in [4.78, 5) is 16.5. The monoisotopic (exact) mass is 346 g/mol. The minimum Gasteiger partial charge on any atom is -0.351 e. The highest BCUT2D eigenvalue weighted by Crippen LogP contribution is 2.48. The lowest BCUT2D eigenvalue weighted by Gasteiger charge is -2.19. The number of benzene rings is 2. The highest BCUT2D eigenvalue weighted by atomic mass is 16.1. The van der Waals surface area contributed by atoms with Gasteiger partial charge in [0, 0.05) is 17.5 Å². The quantitative estimate of drug-likeness (QED) is 0.746. The van der Waals surface area contributed by atoms with Crippen LogP contribution in [0.3, 0.4) is 0 Å². The molecule has 5 heteroatoms. The van der Waals surface area contributed by atoms with E-state index in [0.717, 1.165) is 18.4 Å². The molecule has 0 atom stereocenters. The smallest absolute Gasteiger partial charge is 0.251 e. The second kappa shape index (κ2) is 6.75. The van der Waals surface area contributed by atoms with Gasteiger partial charge >= 0.3 is 0 Å². The van der Waals surface area contributed by atoms with Crippen LogP contribution in [0.1, 0.15) is 39.9 Å². The molecule has 2 aromatic carbocycles. The first kappa shape index (κ1) is 16.5. The number of nitrogens with zero attached hydrogens (tertiary/aromatic N) is 3. The molecule has 1 heterocycles. The van der Waals surface area contributed by atoms with Crippen LogP contribution in [0.4, 0.5) is 0 Å². The number of aryl methyl sites for hydroxylation is 1. The largest absolute Gasteiger partial charge is 0.351 e. The summed E-state index contributed by atoms with van der Waals surface area (Å²) in [5.74, 6) is -0.0165. The standard InChI is InChI=1S/C21H22N4O/c1-16-4-2-3-5-19(16)21(10-11-21)13-23-20(26)18-8-6-17(7-9-18)12-25-15-22-14-24-25/h2-9,14-15H,10-13H2,1H3,(H,23,26). The molecule has 3 aromatic rings. The average Bonchev–Trinajstić information content (AvgIpc) is 3.28. The average molecular weight is 346 g/mol. The van der Waals surface area contributed by atoms with E-state index in [1.807, 2.05) is 24.3 Å². The fraction of sp³-hybridized carbons (Fsp3) is 0.286. The lowest BCUT2D eigenvalue weighted by atomic mass is 9.92. The predicted octanol–water partition coefficient (Wildman–Crippen LogP) is 3.10. The Bertz CT molecular complexity index is 896. The van der Waals surface area contributed by atoms with Crippen molar-refractivity contribution in [2.45, 2.75) is 31.7 Å². The van der Waals surface area contributed by atoms with Crippen molar-refractivity contribution in [3.8, 4) is 0 Å². The maximum absolute atomic E-state index is 12.5. The number of aromatic nitrogens is 3. The second-order valence-electron chi connectivity index (χ2n) is 7.07. The highest BCUT2D eigenvalue weighted by molar-refractivity contribution is 5.94. The zero-order valence-corrected chi connectivity index (χ0v) is 14.9. The first-order chi connectivity index (χ1) is 12.7. The van der Waals surface area contributed by atoms with Crippen LogP contribution in [-0.4, -0.2) is 27.2 Å². The molecule has 0 bridgehead atoms. The molecule has 0 radical (unpaired) electrons. The van der Waals surface area contributed by atoms with Crippen LogP contribution in [0.15, 0.2) is 61.2 Å². The number of nitrogens with one attached hydrogen (secondary N) is 1. The minimum atomic E-state index is -0.0165. The van der Waals surface area contributed by atoms with Crippen LogP contribution >= 0.6 is 0 Å². The van der Waals surface area contributed by atoms with E-state index >= 15 is 0 Å². The molecule has 1 N–H and O–H groups in total. The van der Waals surface area contributed by atoms with E-state index in [4.69, 9.17) is 0 Å². The SMILES string of the molecule is Cc1ccccc1C1(CNC(=O)c2ccc(Cn3cncn3)cc2)CC1. The Labute approximate surface area is 153 Å². The van der Waals surface area contributed by atoms with E-state index in [1.54, 1.807) is 11.0 Å². The summed E-state index contributed by atoms with van der Waals surface area (Å²) < 4.78 is 1.76. The molecule has 1 saturated carbocycles. The van der Waals surface area contributed by atoms with Crippen molar-refractivity contribution < 1.29 is 4.79 Å². The van der Waals surface area contributed by atoms with Crippen molar-refractivity contribution in [1.82, 2.24) is 20.1 Å². The summed E-state index contributed by atoms with van der Waals surface area (Å²) >= 11 is 0. The van der Waals surface area contributed by atoms with Crippen LogP contribution in [0, 0.1) is 6.92 Å². The lowest BCUT2D eigenvalue weighted by Crippen LogP contribution is -2.32. The topological polar surface area (TPSA) is 59.8 Å². The molecule has 0 unspecified atom stereocenters. The molecule has 1 aliphatic rings. The highest BCUT2D eigenvalue weighted by Gasteiger charge is 2.45. The number of carbonyl (C=O) groups is 1. The van der Waals surface area contributed by atoms with E-state index in [0.29, 0.717) is 18.7 Å². The van der Waals surface area contributed by atoms with Crippen molar-refractivity contribution in [2.75, 3.05) is 6.54 Å². The maximum atomic E-state index is 12.5. The van der Waals surface area contributed by atoms with Crippen LogP contribution in [0.2, 0.25) is 0 Å². The lowest BCUT2D eigenvalue weighted by molar-refractivity contribution is 0.0949. The molecular weight excluding hydrogens is 324 g/mol. The number of hydrogen-bond donors (Lipinski definition) is 1. The fourth-order valence-corrected chi connectivity index (χ4v) is 3.47. The van der Waals surface area contributed by atoms with Gasteiger partial charge in [-0.2, -0.15) is 5.10 Å². The summed E-state index contributed by atoms with van der Waals surface area (Å²) in [6, 6.07) is 16.1. The van der Waals surface area contributed by atoms with Gasteiger partial charge in [0.2, 0.25) is 0 Å². The number of hydrogen-bond acceptors (Lipinski definition) is 3. The summed E-state index contributed by atoms with van der Waals surface area (Å²) in [6.45, 7) is 3.49. The van der Waals surface area contributed by atoms with E-state index in [2.05, 4.69) is 46.6 Å². The number of rotatable bonds is 6. The molecule has 1 amide bonds. The second-order valence-corrected chi connectivity index (χ2v) is 7.07. The Balaban J connectivity index is 1.38. The van der Waals surface area contributed by atoms with E-state index < -0.39 is 0 Å². The number of amides is 1. The summed E-state index contributed by atoms with van der Waals surface area (Å²) in [5, 5.41) is 7.22. The van der Waals surface area contributed by atoms with Crippen LogP contribution in [0.5, 0.6) is 0 Å². The van der Waals surface area contributed by atoms with Gasteiger partial charge in [0.15, 0.2) is 0 Å². The Morgan fingerprint density at radius 3 is 2.58 bits per heavy atom. The fourth-order valence-electron chi connectivity index (χ4n) is 3.47. The first-order valence-electron chi connectivity index (χ1n) is 8.92. The van der Waals surface area contributed by atoms with Crippen LogP contribution in [-0.2, 0) is 12.0 Å². The van der Waals surface area contributed by atoms with Gasteiger partial charge in [0.25, 0.3) is 5.91 Å². The van der Waals surface area contributed by atoms with Gasteiger partial charge in [-0.25, -0.2) is 9.67 Å².